The van der Waals surface area contributed by atoms with E-state index in [1.165, 1.54) is 5.57 Å². The Morgan fingerprint density at radius 2 is 2.11 bits per heavy atom. The third kappa shape index (κ3) is 6.16. The summed E-state index contributed by atoms with van der Waals surface area (Å²) in [5.41, 5.74) is 1.44. The number of nitrogens with one attached hydrogen (secondary N) is 1. The topological polar surface area (TPSA) is 55.6 Å². The summed E-state index contributed by atoms with van der Waals surface area (Å²) in [5.74, 6) is 0.912. The van der Waals surface area contributed by atoms with E-state index in [1.54, 1.807) is 11.8 Å². The van der Waals surface area contributed by atoms with Crippen molar-refractivity contribution in [2.75, 3.05) is 12.3 Å². The van der Waals surface area contributed by atoms with Crippen LogP contribution in [0.5, 0.6) is 0 Å². The van der Waals surface area contributed by atoms with Crippen LogP contribution >= 0.6 is 11.8 Å². The van der Waals surface area contributed by atoms with Crippen LogP contribution in [0.15, 0.2) is 16.8 Å². The summed E-state index contributed by atoms with van der Waals surface area (Å²) in [5, 5.41) is 16.1. The molecule has 0 aromatic carbocycles. The van der Waals surface area contributed by atoms with Crippen LogP contribution in [0.2, 0.25) is 0 Å². The lowest BCUT2D eigenvalue weighted by molar-refractivity contribution is 0.396. The zero-order valence-corrected chi connectivity index (χ0v) is 12.7. The van der Waals surface area contributed by atoms with Crippen LogP contribution in [0.1, 0.15) is 34.6 Å². The van der Waals surface area contributed by atoms with E-state index in [9.17, 15) is 0 Å². The Balaban J connectivity index is 2.42. The van der Waals surface area contributed by atoms with E-state index in [1.807, 2.05) is 4.68 Å². The summed E-state index contributed by atoms with van der Waals surface area (Å²) in [6.45, 7) is 12.3. The second kappa shape index (κ2) is 6.89. The summed E-state index contributed by atoms with van der Waals surface area (Å²) < 4.78 is 1.85. The Morgan fingerprint density at radius 3 is 2.72 bits per heavy atom. The van der Waals surface area contributed by atoms with Gasteiger partial charge >= 0.3 is 0 Å². The summed E-state index contributed by atoms with van der Waals surface area (Å²) >= 11 is 1.66. The highest BCUT2D eigenvalue weighted by molar-refractivity contribution is 7.99. The van der Waals surface area contributed by atoms with E-state index in [-0.39, 0.29) is 5.54 Å². The van der Waals surface area contributed by atoms with Crippen molar-refractivity contribution in [1.82, 2.24) is 25.5 Å². The van der Waals surface area contributed by atoms with Gasteiger partial charge in [-0.05, 0) is 45.0 Å². The van der Waals surface area contributed by atoms with Crippen LogP contribution in [-0.2, 0) is 6.54 Å². The van der Waals surface area contributed by atoms with Crippen LogP contribution < -0.4 is 5.32 Å². The molecule has 0 unspecified atom stereocenters. The van der Waals surface area contributed by atoms with Crippen molar-refractivity contribution < 1.29 is 0 Å². The normalized spacial score (nSPS) is 11.6. The lowest BCUT2D eigenvalue weighted by Gasteiger charge is -2.20. The number of rotatable bonds is 6. The Hall–Kier alpha value is -0.880. The highest BCUT2D eigenvalue weighted by atomic mass is 32.2. The van der Waals surface area contributed by atoms with E-state index >= 15 is 0 Å². The van der Waals surface area contributed by atoms with Crippen molar-refractivity contribution >= 4 is 11.8 Å². The number of nitrogens with zero attached hydrogens (tertiary/aromatic N) is 4. The van der Waals surface area contributed by atoms with Crippen molar-refractivity contribution in [1.29, 1.82) is 0 Å². The zero-order valence-electron chi connectivity index (χ0n) is 11.9. The van der Waals surface area contributed by atoms with Crippen LogP contribution in [0.3, 0.4) is 0 Å². The van der Waals surface area contributed by atoms with Crippen molar-refractivity contribution in [3.8, 4) is 0 Å². The highest BCUT2D eigenvalue weighted by Crippen LogP contribution is 2.14. The Bertz CT molecular complexity index is 387. The number of tetrazole rings is 1. The van der Waals surface area contributed by atoms with E-state index in [2.05, 4.69) is 61.5 Å². The SMILES string of the molecule is CC(C)=CCSc1nnnn1CCNC(C)(C)C. The zero-order chi connectivity index (χ0) is 13.6. The van der Waals surface area contributed by atoms with Gasteiger partial charge in [-0.3, -0.25) is 0 Å². The maximum Gasteiger partial charge on any atom is 0.209 e. The fourth-order valence-electron chi connectivity index (χ4n) is 1.26. The molecule has 0 aliphatic carbocycles. The average molecular weight is 269 g/mol. The Kier molecular flexibility index (Phi) is 5.81. The molecule has 1 N–H and O–H groups in total. The fourth-order valence-corrected chi connectivity index (χ4v) is 2.20. The molecule has 5 nitrogen and oxygen atoms in total. The standard InChI is InChI=1S/C12H23N5S/c1-10(2)6-9-18-11-14-15-16-17(11)8-7-13-12(3,4)5/h6,13H,7-9H2,1-5H3. The Labute approximate surface area is 113 Å². The largest absolute Gasteiger partial charge is 0.310 e. The van der Waals surface area contributed by atoms with Crippen LogP contribution in [-0.4, -0.2) is 38.0 Å². The molecule has 0 aliphatic rings. The number of allylic oxidation sites excluding steroid dienone is 1. The molecular weight excluding hydrogens is 246 g/mol. The van der Waals surface area contributed by atoms with Gasteiger partial charge in [0.2, 0.25) is 5.16 Å². The van der Waals surface area contributed by atoms with Crippen molar-refractivity contribution in [3.05, 3.63) is 11.6 Å². The molecular formula is C12H23N5S. The predicted octanol–water partition coefficient (Wildman–Crippen LogP) is 2.12. The third-order valence-electron chi connectivity index (χ3n) is 2.18. The first-order valence-corrected chi connectivity index (χ1v) is 7.14. The molecule has 0 aliphatic heterocycles. The number of hydrogen-bond acceptors (Lipinski definition) is 5. The molecule has 0 bridgehead atoms. The van der Waals surface area contributed by atoms with Gasteiger partial charge in [-0.2, -0.15) is 0 Å². The molecule has 6 heteroatoms. The molecule has 1 heterocycles. The highest BCUT2D eigenvalue weighted by Gasteiger charge is 2.10. The van der Waals surface area contributed by atoms with Gasteiger partial charge in [-0.15, -0.1) is 5.10 Å². The van der Waals surface area contributed by atoms with Gasteiger partial charge in [0.15, 0.2) is 0 Å². The van der Waals surface area contributed by atoms with Gasteiger partial charge in [-0.25, -0.2) is 4.68 Å². The maximum absolute atomic E-state index is 4.04. The number of thioether (sulfide) groups is 1. The molecule has 102 valence electrons. The molecule has 1 aromatic heterocycles. The number of aromatic nitrogens is 4. The minimum Gasteiger partial charge on any atom is -0.310 e. The van der Waals surface area contributed by atoms with Crippen LogP contribution in [0, 0.1) is 0 Å². The maximum atomic E-state index is 4.04. The van der Waals surface area contributed by atoms with Crippen molar-refractivity contribution in [2.45, 2.75) is 51.9 Å². The average Bonchev–Trinajstić information content (AvgIpc) is 2.63. The molecule has 0 saturated carbocycles. The van der Waals surface area contributed by atoms with Gasteiger partial charge in [-0.1, -0.05) is 23.4 Å². The second-order valence-electron chi connectivity index (χ2n) is 5.45. The summed E-state index contributed by atoms with van der Waals surface area (Å²) in [4.78, 5) is 0. The molecule has 0 saturated heterocycles. The van der Waals surface area contributed by atoms with E-state index in [4.69, 9.17) is 0 Å². The Morgan fingerprint density at radius 1 is 1.39 bits per heavy atom. The molecule has 0 radical (unpaired) electrons. The van der Waals surface area contributed by atoms with E-state index < -0.39 is 0 Å². The summed E-state index contributed by atoms with van der Waals surface area (Å²) in [6.07, 6.45) is 2.18. The van der Waals surface area contributed by atoms with Gasteiger partial charge in [0.05, 0.1) is 6.54 Å². The fraction of sp³-hybridized carbons (Fsp3) is 0.750. The monoisotopic (exact) mass is 269 g/mol. The van der Waals surface area contributed by atoms with Gasteiger partial charge in [0.1, 0.15) is 0 Å². The lowest BCUT2D eigenvalue weighted by atomic mass is 10.1. The second-order valence-corrected chi connectivity index (χ2v) is 6.44. The first-order valence-electron chi connectivity index (χ1n) is 6.16. The van der Waals surface area contributed by atoms with Crippen LogP contribution in [0.4, 0.5) is 0 Å². The third-order valence-corrected chi connectivity index (χ3v) is 3.07. The minimum absolute atomic E-state index is 0.128. The smallest absolute Gasteiger partial charge is 0.209 e. The molecule has 0 atom stereocenters. The summed E-state index contributed by atoms with van der Waals surface area (Å²) in [7, 11) is 0. The lowest BCUT2D eigenvalue weighted by Crippen LogP contribution is -2.38. The molecule has 1 aromatic rings. The number of hydrogen-bond donors (Lipinski definition) is 1. The molecule has 0 amide bonds. The first kappa shape index (κ1) is 15.2. The van der Waals surface area contributed by atoms with E-state index in [0.717, 1.165) is 24.0 Å². The van der Waals surface area contributed by atoms with Crippen molar-refractivity contribution in [2.24, 2.45) is 0 Å². The summed E-state index contributed by atoms with van der Waals surface area (Å²) in [6, 6.07) is 0. The van der Waals surface area contributed by atoms with E-state index in [0.29, 0.717) is 0 Å². The molecule has 0 spiro atoms. The minimum atomic E-state index is 0.128. The molecule has 18 heavy (non-hydrogen) atoms. The molecule has 1 rings (SSSR count). The quantitative estimate of drug-likeness (QED) is 0.633. The predicted molar refractivity (Wildman–Crippen MR) is 75.7 cm³/mol. The molecule has 0 fully saturated rings. The first-order chi connectivity index (χ1) is 8.38. The van der Waals surface area contributed by atoms with Crippen LogP contribution in [0.25, 0.3) is 0 Å². The van der Waals surface area contributed by atoms with Gasteiger partial charge in [0, 0.05) is 17.8 Å². The van der Waals surface area contributed by atoms with Gasteiger partial charge in [0.25, 0.3) is 0 Å². The van der Waals surface area contributed by atoms with Gasteiger partial charge < -0.3 is 5.32 Å². The van der Waals surface area contributed by atoms with Crippen molar-refractivity contribution in [3.63, 3.8) is 0 Å².